The van der Waals surface area contributed by atoms with E-state index in [2.05, 4.69) is 0 Å². The molecular weight excluding hydrogens is 393 g/mol. The molecule has 0 aliphatic heterocycles. The highest BCUT2D eigenvalue weighted by atomic mass is 35.5. The number of nitrogens with zero attached hydrogens (tertiary/aromatic N) is 1. The number of sulfonamides is 1. The number of para-hydroxylation sites is 1. The molecule has 0 amide bonds. The Morgan fingerprint density at radius 1 is 1.08 bits per heavy atom. The molecule has 0 saturated heterocycles. The van der Waals surface area contributed by atoms with Gasteiger partial charge in [-0.1, -0.05) is 41.4 Å². The summed E-state index contributed by atoms with van der Waals surface area (Å²) in [7, 11) is -4.14. The maximum atomic E-state index is 13.1. The van der Waals surface area contributed by atoms with Crippen LogP contribution in [0.5, 0.6) is 0 Å². The van der Waals surface area contributed by atoms with Gasteiger partial charge in [-0.15, -0.1) is 0 Å². The quantitative estimate of drug-likeness (QED) is 0.683. The van der Waals surface area contributed by atoms with Crippen molar-refractivity contribution in [1.82, 2.24) is 0 Å². The molecule has 24 heavy (non-hydrogen) atoms. The average Bonchev–Trinajstić information content (AvgIpc) is 2.48. The van der Waals surface area contributed by atoms with Crippen LogP contribution in [0.3, 0.4) is 0 Å². The molecule has 128 valence electrons. The van der Waals surface area contributed by atoms with Gasteiger partial charge >= 0.3 is 0 Å². The Balaban J connectivity index is 2.72. The van der Waals surface area contributed by atoms with Crippen LogP contribution in [0.25, 0.3) is 0 Å². The van der Waals surface area contributed by atoms with E-state index in [1.165, 1.54) is 18.2 Å². The van der Waals surface area contributed by atoms with E-state index in [-0.39, 0.29) is 14.9 Å². The summed E-state index contributed by atoms with van der Waals surface area (Å²) in [6, 6.07) is 9.43. The lowest BCUT2D eigenvalue weighted by Gasteiger charge is -2.26. The van der Waals surface area contributed by atoms with E-state index in [4.69, 9.17) is 34.8 Å². The maximum Gasteiger partial charge on any atom is 0.266 e. The van der Waals surface area contributed by atoms with Crippen LogP contribution in [-0.2, 0) is 14.8 Å². The molecule has 0 spiro atoms. The van der Waals surface area contributed by atoms with Gasteiger partial charge in [0.25, 0.3) is 10.0 Å². The lowest BCUT2D eigenvalue weighted by atomic mass is 10.1. The third-order valence-electron chi connectivity index (χ3n) is 3.42. The van der Waals surface area contributed by atoms with Crippen LogP contribution < -0.4 is 4.31 Å². The zero-order valence-corrected chi connectivity index (χ0v) is 16.0. The smallest absolute Gasteiger partial charge is 0.266 e. The molecule has 0 bridgehead atoms. The fourth-order valence-electron chi connectivity index (χ4n) is 2.39. The van der Waals surface area contributed by atoms with Gasteiger partial charge in [0.15, 0.2) is 0 Å². The maximum absolute atomic E-state index is 13.1. The van der Waals surface area contributed by atoms with Crippen LogP contribution in [-0.4, -0.2) is 20.2 Å². The van der Waals surface area contributed by atoms with E-state index in [1.54, 1.807) is 32.0 Å². The summed E-state index contributed by atoms with van der Waals surface area (Å²) in [5.74, 6) is 0. The summed E-state index contributed by atoms with van der Waals surface area (Å²) in [6.45, 7) is 2.99. The normalized spacial score (nSPS) is 11.4. The van der Waals surface area contributed by atoms with Crippen molar-refractivity contribution in [3.8, 4) is 0 Å². The highest BCUT2D eigenvalue weighted by molar-refractivity contribution is 7.93. The van der Waals surface area contributed by atoms with E-state index >= 15 is 0 Å². The van der Waals surface area contributed by atoms with Crippen LogP contribution >= 0.6 is 34.8 Å². The molecule has 0 aliphatic rings. The zero-order chi connectivity index (χ0) is 18.1. The number of hydrogen-bond donors (Lipinski definition) is 0. The van der Waals surface area contributed by atoms with Crippen molar-refractivity contribution in [2.45, 2.75) is 18.7 Å². The molecule has 0 fully saturated rings. The minimum Gasteiger partial charge on any atom is -0.279 e. The summed E-state index contributed by atoms with van der Waals surface area (Å²) in [6.07, 6.45) is 0. The van der Waals surface area contributed by atoms with Gasteiger partial charge in [0.05, 0.1) is 10.7 Å². The minimum absolute atomic E-state index is 0.0117. The molecule has 0 radical (unpaired) electrons. The number of halogens is 3. The zero-order valence-electron chi connectivity index (χ0n) is 12.9. The Morgan fingerprint density at radius 2 is 1.67 bits per heavy atom. The number of aryl methyl sites for hydroxylation is 2. The molecule has 2 aromatic rings. The largest absolute Gasteiger partial charge is 0.279 e. The number of carbonyl (C=O) groups is 1. The Morgan fingerprint density at radius 3 is 2.21 bits per heavy atom. The fourth-order valence-corrected chi connectivity index (χ4v) is 4.87. The fraction of sp³-hybridized carbons (Fsp3) is 0.188. The number of anilines is 1. The molecule has 0 aliphatic carbocycles. The summed E-state index contributed by atoms with van der Waals surface area (Å²) in [5.41, 5.74) is 1.77. The van der Waals surface area contributed by atoms with E-state index < -0.39 is 21.8 Å². The third kappa shape index (κ3) is 3.86. The first kappa shape index (κ1) is 19.1. The Kier molecular flexibility index (Phi) is 5.81. The molecular formula is C16H14Cl3NO3S. The lowest BCUT2D eigenvalue weighted by Crippen LogP contribution is -2.35. The Bertz CT molecular complexity index is 877. The summed E-state index contributed by atoms with van der Waals surface area (Å²) >= 11 is 17.4. The molecule has 2 rings (SSSR count). The van der Waals surface area contributed by atoms with E-state index in [9.17, 15) is 13.2 Å². The van der Waals surface area contributed by atoms with Gasteiger partial charge in [-0.3, -0.25) is 9.10 Å². The van der Waals surface area contributed by atoms with Gasteiger partial charge in [-0.25, -0.2) is 8.42 Å². The van der Waals surface area contributed by atoms with Gasteiger partial charge in [-0.05, 0) is 54.8 Å². The second kappa shape index (κ2) is 7.31. The topological polar surface area (TPSA) is 54.5 Å². The van der Waals surface area contributed by atoms with Crippen molar-refractivity contribution in [2.75, 3.05) is 10.8 Å². The first-order valence-electron chi connectivity index (χ1n) is 6.87. The second-order valence-electron chi connectivity index (χ2n) is 5.18. The van der Waals surface area contributed by atoms with Crippen molar-refractivity contribution in [3.63, 3.8) is 0 Å². The second-order valence-corrected chi connectivity index (χ2v) is 8.28. The number of benzene rings is 2. The van der Waals surface area contributed by atoms with Gasteiger partial charge in [-0.2, -0.15) is 0 Å². The average molecular weight is 407 g/mol. The number of hydrogen-bond acceptors (Lipinski definition) is 3. The Labute approximate surface area is 156 Å². The highest BCUT2D eigenvalue weighted by Gasteiger charge is 2.30. The molecule has 8 heteroatoms. The molecule has 0 N–H and O–H groups in total. The van der Waals surface area contributed by atoms with Crippen LogP contribution in [0.15, 0.2) is 41.3 Å². The molecule has 0 atom stereocenters. The van der Waals surface area contributed by atoms with Crippen molar-refractivity contribution >= 4 is 55.8 Å². The van der Waals surface area contributed by atoms with Crippen LogP contribution in [0.2, 0.25) is 10.0 Å². The highest BCUT2D eigenvalue weighted by Crippen LogP contribution is 2.33. The SMILES string of the molecule is Cc1cccc(C)c1N(CC(=O)Cl)S(=O)(=O)c1cc(Cl)ccc1Cl. The molecule has 0 aromatic heterocycles. The van der Waals surface area contributed by atoms with Crippen LogP contribution in [0, 0.1) is 13.8 Å². The first-order chi connectivity index (χ1) is 11.1. The van der Waals surface area contributed by atoms with Crippen molar-refractivity contribution < 1.29 is 13.2 Å². The van der Waals surface area contributed by atoms with Crippen molar-refractivity contribution in [2.24, 2.45) is 0 Å². The van der Waals surface area contributed by atoms with Gasteiger partial charge < -0.3 is 0 Å². The van der Waals surface area contributed by atoms with E-state index in [1.807, 2.05) is 0 Å². The lowest BCUT2D eigenvalue weighted by molar-refractivity contribution is -0.110. The number of rotatable bonds is 5. The standard InChI is InChI=1S/C16H14Cl3NO3S/c1-10-4-3-5-11(2)16(10)20(9-15(19)21)24(22,23)14-8-12(17)6-7-13(14)18/h3-8H,9H2,1-2H3. The molecule has 0 saturated carbocycles. The number of carbonyl (C=O) groups excluding carboxylic acids is 1. The summed E-state index contributed by atoms with van der Waals surface area (Å²) in [5, 5.41) is -0.575. The predicted octanol–water partition coefficient (Wildman–Crippen LogP) is 4.57. The van der Waals surface area contributed by atoms with E-state index in [0.717, 1.165) is 4.31 Å². The Hall–Kier alpha value is -1.27. The van der Waals surface area contributed by atoms with Crippen molar-refractivity contribution in [3.05, 3.63) is 57.6 Å². The molecule has 0 unspecified atom stereocenters. The molecule has 2 aromatic carbocycles. The van der Waals surface area contributed by atoms with Crippen LogP contribution in [0.4, 0.5) is 5.69 Å². The first-order valence-corrected chi connectivity index (χ1v) is 9.44. The van der Waals surface area contributed by atoms with Crippen molar-refractivity contribution in [1.29, 1.82) is 0 Å². The minimum atomic E-state index is -4.14. The summed E-state index contributed by atoms with van der Waals surface area (Å²) < 4.78 is 27.2. The third-order valence-corrected chi connectivity index (χ3v) is 6.00. The monoisotopic (exact) mass is 405 g/mol. The molecule has 4 nitrogen and oxygen atoms in total. The van der Waals surface area contributed by atoms with Crippen LogP contribution in [0.1, 0.15) is 11.1 Å². The predicted molar refractivity (Wildman–Crippen MR) is 97.8 cm³/mol. The van der Waals surface area contributed by atoms with Gasteiger partial charge in [0.2, 0.25) is 5.24 Å². The summed E-state index contributed by atoms with van der Waals surface area (Å²) in [4.78, 5) is 11.3. The van der Waals surface area contributed by atoms with Gasteiger partial charge in [0.1, 0.15) is 11.4 Å². The van der Waals surface area contributed by atoms with E-state index in [0.29, 0.717) is 16.8 Å². The van der Waals surface area contributed by atoms with Gasteiger partial charge in [0, 0.05) is 5.02 Å². The molecule has 0 heterocycles.